The number of aryl methyl sites for hydroxylation is 1. The Labute approximate surface area is 180 Å². The molecule has 1 aromatic carbocycles. The molecule has 0 atom stereocenters. The van der Waals surface area contributed by atoms with Crippen molar-refractivity contribution < 1.29 is 14.3 Å². The van der Waals surface area contributed by atoms with Gasteiger partial charge in [-0.3, -0.25) is 0 Å². The van der Waals surface area contributed by atoms with Gasteiger partial charge in [0.2, 0.25) is 0 Å². The zero-order valence-corrected chi connectivity index (χ0v) is 18.3. The van der Waals surface area contributed by atoms with Crippen molar-refractivity contribution in [3.05, 3.63) is 35.5 Å². The average molecular weight is 427 g/mol. The topological polar surface area (TPSA) is 76.6 Å². The number of fused-ring (bicyclic) bond motifs is 1. The molecule has 1 saturated heterocycles. The quantitative estimate of drug-likeness (QED) is 0.637. The molecule has 1 fully saturated rings. The van der Waals surface area contributed by atoms with Crippen LogP contribution >= 0.6 is 11.3 Å². The molecule has 0 aliphatic carbocycles. The number of anilines is 1. The van der Waals surface area contributed by atoms with Crippen LogP contribution in [0.3, 0.4) is 0 Å². The third-order valence-electron chi connectivity index (χ3n) is 5.31. The predicted molar refractivity (Wildman–Crippen MR) is 119 cm³/mol. The van der Waals surface area contributed by atoms with E-state index < -0.39 is 0 Å². The van der Waals surface area contributed by atoms with Crippen molar-refractivity contribution in [2.75, 3.05) is 32.1 Å². The number of benzene rings is 1. The second-order valence-electron chi connectivity index (χ2n) is 7.28. The highest BCUT2D eigenvalue weighted by Gasteiger charge is 2.25. The molecular formula is C22H26N4O3S. The van der Waals surface area contributed by atoms with Crippen LogP contribution in [0.1, 0.15) is 25.6 Å². The van der Waals surface area contributed by atoms with Crippen LogP contribution < -0.4 is 10.1 Å². The van der Waals surface area contributed by atoms with Crippen LogP contribution in [0.25, 0.3) is 21.3 Å². The summed E-state index contributed by atoms with van der Waals surface area (Å²) in [7, 11) is 1.67. The van der Waals surface area contributed by atoms with Crippen molar-refractivity contribution in [3.63, 3.8) is 0 Å². The van der Waals surface area contributed by atoms with E-state index in [-0.39, 0.29) is 12.1 Å². The lowest BCUT2D eigenvalue weighted by Gasteiger charge is -2.32. The number of hydrogen-bond donors (Lipinski definition) is 1. The maximum Gasteiger partial charge on any atom is 0.409 e. The number of nitrogens with zero attached hydrogens (tertiary/aromatic N) is 3. The van der Waals surface area contributed by atoms with Crippen LogP contribution in [0.15, 0.2) is 29.6 Å². The maximum atomic E-state index is 12.0. The third-order valence-corrected chi connectivity index (χ3v) is 6.18. The molecule has 30 heavy (non-hydrogen) atoms. The minimum Gasteiger partial charge on any atom is -0.497 e. The Morgan fingerprint density at radius 2 is 1.97 bits per heavy atom. The largest absolute Gasteiger partial charge is 0.497 e. The van der Waals surface area contributed by atoms with Gasteiger partial charge >= 0.3 is 6.09 Å². The normalized spacial score (nSPS) is 14.7. The van der Waals surface area contributed by atoms with Gasteiger partial charge in [0, 0.05) is 30.1 Å². The number of nitrogens with one attached hydrogen (secondary N) is 1. The summed E-state index contributed by atoms with van der Waals surface area (Å²) in [6, 6.07) is 8.29. The summed E-state index contributed by atoms with van der Waals surface area (Å²) in [4.78, 5) is 24.1. The van der Waals surface area contributed by atoms with Gasteiger partial charge in [0.05, 0.1) is 19.1 Å². The molecule has 1 aliphatic heterocycles. The van der Waals surface area contributed by atoms with Gasteiger partial charge < -0.3 is 19.7 Å². The Morgan fingerprint density at radius 3 is 2.63 bits per heavy atom. The number of ether oxygens (including phenoxy) is 2. The molecule has 0 saturated carbocycles. The molecule has 0 unspecified atom stereocenters. The van der Waals surface area contributed by atoms with E-state index in [1.807, 2.05) is 26.0 Å². The molecule has 3 heterocycles. The van der Waals surface area contributed by atoms with E-state index in [0.29, 0.717) is 19.7 Å². The molecule has 8 heteroatoms. The number of methoxy groups -OCH3 is 1. The fourth-order valence-corrected chi connectivity index (χ4v) is 4.74. The van der Waals surface area contributed by atoms with Gasteiger partial charge in [0.1, 0.15) is 22.2 Å². The third kappa shape index (κ3) is 4.18. The van der Waals surface area contributed by atoms with Crippen LogP contribution in [0, 0.1) is 6.92 Å². The Bertz CT molecular complexity index is 1030. The number of carbonyl (C=O) groups is 1. The highest BCUT2D eigenvalue weighted by molar-refractivity contribution is 7.17. The zero-order chi connectivity index (χ0) is 21.1. The van der Waals surface area contributed by atoms with Crippen LogP contribution in [-0.4, -0.2) is 53.8 Å². The minimum atomic E-state index is -0.226. The van der Waals surface area contributed by atoms with Gasteiger partial charge in [-0.05, 0) is 44.4 Å². The van der Waals surface area contributed by atoms with E-state index in [4.69, 9.17) is 14.5 Å². The SMILES string of the molecule is CCOC(=O)N1CCC(Nc2nc(C)nc3scc(-c4ccc(OC)cc4)c23)CC1. The monoisotopic (exact) mass is 426 g/mol. The summed E-state index contributed by atoms with van der Waals surface area (Å²) in [6.07, 6.45) is 1.48. The first-order valence-electron chi connectivity index (χ1n) is 10.2. The van der Waals surface area contributed by atoms with Crippen molar-refractivity contribution >= 4 is 33.5 Å². The number of piperidine rings is 1. The molecule has 1 amide bonds. The number of likely N-dealkylation sites (tertiary alicyclic amines) is 1. The Hall–Kier alpha value is -2.87. The van der Waals surface area contributed by atoms with E-state index >= 15 is 0 Å². The number of amides is 1. The molecule has 4 rings (SSSR count). The van der Waals surface area contributed by atoms with Crippen molar-refractivity contribution in [3.8, 4) is 16.9 Å². The van der Waals surface area contributed by atoms with Crippen LogP contribution in [0.2, 0.25) is 0 Å². The number of rotatable bonds is 5. The Kier molecular flexibility index (Phi) is 6.03. The zero-order valence-electron chi connectivity index (χ0n) is 17.5. The lowest BCUT2D eigenvalue weighted by molar-refractivity contribution is 0.0983. The van der Waals surface area contributed by atoms with Crippen LogP contribution in [0.4, 0.5) is 10.6 Å². The fourth-order valence-electron chi connectivity index (χ4n) is 3.75. The Morgan fingerprint density at radius 1 is 1.23 bits per heavy atom. The summed E-state index contributed by atoms with van der Waals surface area (Å²) >= 11 is 1.63. The van der Waals surface area contributed by atoms with Crippen molar-refractivity contribution in [2.24, 2.45) is 0 Å². The standard InChI is InChI=1S/C22H26N4O3S/c1-4-29-22(27)26-11-9-16(10-12-26)25-20-19-18(13-30-21(19)24-14(2)23-20)15-5-7-17(28-3)8-6-15/h5-8,13,16H,4,9-12H2,1-3H3,(H,23,24,25). The van der Waals surface area contributed by atoms with Gasteiger partial charge in [-0.1, -0.05) is 12.1 Å². The van der Waals surface area contributed by atoms with Crippen molar-refractivity contribution in [1.29, 1.82) is 0 Å². The summed E-state index contributed by atoms with van der Waals surface area (Å²) in [5.74, 6) is 2.44. The lowest BCUT2D eigenvalue weighted by atomic mass is 10.0. The molecule has 2 aromatic heterocycles. The van der Waals surface area contributed by atoms with E-state index in [2.05, 4.69) is 27.8 Å². The van der Waals surface area contributed by atoms with Gasteiger partial charge in [-0.2, -0.15) is 0 Å². The molecule has 0 spiro atoms. The molecule has 1 N–H and O–H groups in total. The number of aromatic nitrogens is 2. The smallest absolute Gasteiger partial charge is 0.409 e. The van der Waals surface area contributed by atoms with E-state index in [0.717, 1.165) is 51.6 Å². The van der Waals surface area contributed by atoms with Gasteiger partial charge in [0.15, 0.2) is 0 Å². The molecular weight excluding hydrogens is 400 g/mol. The van der Waals surface area contributed by atoms with E-state index in [1.165, 1.54) is 0 Å². The Balaban J connectivity index is 1.58. The molecule has 1 aliphatic rings. The average Bonchev–Trinajstić information content (AvgIpc) is 3.18. The summed E-state index contributed by atoms with van der Waals surface area (Å²) in [6.45, 7) is 5.51. The first kappa shape index (κ1) is 20.4. The molecule has 0 radical (unpaired) electrons. The molecule has 3 aromatic rings. The lowest BCUT2D eigenvalue weighted by Crippen LogP contribution is -2.42. The second kappa shape index (κ2) is 8.87. The molecule has 7 nitrogen and oxygen atoms in total. The van der Waals surface area contributed by atoms with Crippen LogP contribution in [-0.2, 0) is 4.74 Å². The molecule has 0 bridgehead atoms. The fraction of sp³-hybridized carbons (Fsp3) is 0.409. The number of hydrogen-bond acceptors (Lipinski definition) is 7. The first-order chi connectivity index (χ1) is 14.6. The summed E-state index contributed by atoms with van der Waals surface area (Å²) < 4.78 is 10.4. The van der Waals surface area contributed by atoms with Gasteiger partial charge in [-0.25, -0.2) is 14.8 Å². The summed E-state index contributed by atoms with van der Waals surface area (Å²) in [5, 5.41) is 6.81. The summed E-state index contributed by atoms with van der Waals surface area (Å²) in [5.41, 5.74) is 2.22. The first-order valence-corrected chi connectivity index (χ1v) is 11.1. The van der Waals surface area contributed by atoms with Crippen molar-refractivity contribution in [1.82, 2.24) is 14.9 Å². The van der Waals surface area contributed by atoms with Gasteiger partial charge in [-0.15, -0.1) is 11.3 Å². The van der Waals surface area contributed by atoms with E-state index in [1.54, 1.807) is 23.3 Å². The predicted octanol–water partition coefficient (Wildman–Crippen LogP) is 4.71. The molecule has 158 valence electrons. The second-order valence-corrected chi connectivity index (χ2v) is 8.14. The highest BCUT2D eigenvalue weighted by Crippen LogP contribution is 2.38. The van der Waals surface area contributed by atoms with Crippen molar-refractivity contribution in [2.45, 2.75) is 32.7 Å². The minimum absolute atomic E-state index is 0.226. The van der Waals surface area contributed by atoms with Gasteiger partial charge in [0.25, 0.3) is 0 Å². The highest BCUT2D eigenvalue weighted by atomic mass is 32.1. The van der Waals surface area contributed by atoms with Crippen LogP contribution in [0.5, 0.6) is 5.75 Å². The van der Waals surface area contributed by atoms with E-state index in [9.17, 15) is 4.79 Å². The maximum absolute atomic E-state index is 12.0. The number of carbonyl (C=O) groups excluding carboxylic acids is 1. The number of thiophene rings is 1.